The van der Waals surface area contributed by atoms with E-state index in [1.165, 1.54) is 109 Å². The van der Waals surface area contributed by atoms with Crippen LogP contribution in [-0.2, 0) is 42.2 Å². The van der Waals surface area contributed by atoms with Crippen LogP contribution in [0.4, 0.5) is 0 Å². The van der Waals surface area contributed by atoms with E-state index in [0.717, 1.165) is 122 Å². The number of hydrogen-bond acceptors (Lipinski definition) is 10. The number of allylic oxidation sites excluding steroid dienone is 12. The molecule has 0 amide bonds. The van der Waals surface area contributed by atoms with Gasteiger partial charge in [0.25, 0.3) is 0 Å². The quantitative estimate of drug-likeness (QED) is 0.0197. The maximum absolute atomic E-state index is 12.9. The fourth-order valence-electron chi connectivity index (χ4n) is 8.75. The highest BCUT2D eigenvalue weighted by atomic mass is 31.2. The minimum absolute atomic E-state index is 0.154. The second kappa shape index (κ2) is 60.0. The average molecular weight is 1120 g/mol. The van der Waals surface area contributed by atoms with Crippen LogP contribution in [0.25, 0.3) is 0 Å². The van der Waals surface area contributed by atoms with Gasteiger partial charge in [-0.05, 0) is 109 Å². The molecule has 0 aliphatic carbocycles. The van der Waals surface area contributed by atoms with Gasteiger partial charge in [-0.2, -0.15) is 0 Å². The Morgan fingerprint density at radius 1 is 0.372 bits per heavy atom. The van der Waals surface area contributed by atoms with Crippen LogP contribution in [0.1, 0.15) is 290 Å². The molecule has 0 aliphatic rings. The van der Waals surface area contributed by atoms with Crippen molar-refractivity contribution < 1.29 is 52.2 Å². The van der Waals surface area contributed by atoms with Crippen molar-refractivity contribution in [3.05, 3.63) is 72.9 Å². The highest BCUT2D eigenvalue weighted by Crippen LogP contribution is 2.43. The Kier molecular flexibility index (Phi) is 57.7. The number of aliphatic hydroxyl groups excluding tert-OH is 1. The smallest absolute Gasteiger partial charge is 0.462 e. The first-order valence-electron chi connectivity index (χ1n) is 31.8. The minimum atomic E-state index is -4.76. The van der Waals surface area contributed by atoms with E-state index in [1.807, 2.05) is 0 Å². The van der Waals surface area contributed by atoms with Crippen molar-refractivity contribution in [1.29, 1.82) is 0 Å². The second-order valence-electron chi connectivity index (χ2n) is 21.2. The lowest BCUT2D eigenvalue weighted by atomic mass is 10.1. The van der Waals surface area contributed by atoms with Crippen molar-refractivity contribution in [3.63, 3.8) is 0 Å². The predicted octanol–water partition coefficient (Wildman–Crippen LogP) is 19.3. The summed E-state index contributed by atoms with van der Waals surface area (Å²) >= 11 is 0. The number of unbranched alkanes of at least 4 members (excludes halogenated alkanes) is 30. The standard InChI is InChI=1S/C66H117O11P/c1-4-7-10-13-16-19-22-25-28-30-31-33-35-37-40-43-46-49-52-55-64(68)73-59-63(77-66(70)57-54-51-48-45-42-39-36-32-29-26-23-20-17-14-11-8-5-2)61-75-78(71,72)74-60-62(58-67)76-65(69)56-53-50-47-44-41-38-34-27-24-21-18-15-12-9-6-3/h8,11,17-18,20-21,25-29,34,62-63,67H,4-7,9-10,12-16,19,22-24,30-33,35-61H2,1-3H3,(H,71,72)/b11-8-,20-17-,21-18-,28-25-,29-26-,34-27-. The summed E-state index contributed by atoms with van der Waals surface area (Å²) in [5.41, 5.74) is 0. The topological polar surface area (TPSA) is 155 Å². The van der Waals surface area contributed by atoms with Gasteiger partial charge in [0.05, 0.1) is 19.8 Å². The first kappa shape index (κ1) is 74.9. The minimum Gasteiger partial charge on any atom is -0.462 e. The Morgan fingerprint density at radius 3 is 1.06 bits per heavy atom. The third-order valence-corrected chi connectivity index (χ3v) is 14.5. The van der Waals surface area contributed by atoms with Crippen molar-refractivity contribution in [2.24, 2.45) is 0 Å². The average Bonchev–Trinajstić information content (AvgIpc) is 3.43. The Hall–Kier alpha value is -3.08. The first-order valence-corrected chi connectivity index (χ1v) is 33.3. The van der Waals surface area contributed by atoms with Crippen LogP contribution in [0.3, 0.4) is 0 Å². The Labute approximate surface area is 478 Å². The molecular weight excluding hydrogens is 1000 g/mol. The summed E-state index contributed by atoms with van der Waals surface area (Å²) in [6, 6.07) is 0. The largest absolute Gasteiger partial charge is 0.472 e. The Morgan fingerprint density at radius 2 is 0.667 bits per heavy atom. The third kappa shape index (κ3) is 57.6. The summed E-state index contributed by atoms with van der Waals surface area (Å²) in [4.78, 5) is 48.7. The first-order chi connectivity index (χ1) is 38.2. The number of carbonyl (C=O) groups excluding carboxylic acids is 3. The summed E-state index contributed by atoms with van der Waals surface area (Å²) in [5.74, 6) is -1.48. The van der Waals surface area contributed by atoms with Crippen LogP contribution in [0.2, 0.25) is 0 Å². The normalized spacial score (nSPS) is 13.8. The lowest BCUT2D eigenvalue weighted by Crippen LogP contribution is -2.30. The molecule has 3 unspecified atom stereocenters. The van der Waals surface area contributed by atoms with Gasteiger partial charge in [-0.15, -0.1) is 0 Å². The maximum Gasteiger partial charge on any atom is 0.472 e. The number of rotatable bonds is 59. The lowest BCUT2D eigenvalue weighted by Gasteiger charge is -2.21. The van der Waals surface area contributed by atoms with Gasteiger partial charge in [-0.3, -0.25) is 23.4 Å². The van der Waals surface area contributed by atoms with Crippen LogP contribution in [-0.4, -0.2) is 66.5 Å². The van der Waals surface area contributed by atoms with E-state index in [4.69, 9.17) is 23.3 Å². The molecule has 0 spiro atoms. The Bertz CT molecular complexity index is 1590. The van der Waals surface area contributed by atoms with Gasteiger partial charge in [-0.1, -0.05) is 235 Å². The van der Waals surface area contributed by atoms with Gasteiger partial charge < -0.3 is 24.2 Å². The molecule has 2 N–H and O–H groups in total. The van der Waals surface area contributed by atoms with E-state index in [2.05, 4.69) is 93.7 Å². The zero-order valence-corrected chi connectivity index (χ0v) is 51.0. The van der Waals surface area contributed by atoms with Gasteiger partial charge in [0.2, 0.25) is 0 Å². The molecule has 0 fully saturated rings. The summed E-state index contributed by atoms with van der Waals surface area (Å²) in [6.45, 7) is 4.51. The van der Waals surface area contributed by atoms with Gasteiger partial charge in [0, 0.05) is 19.3 Å². The highest BCUT2D eigenvalue weighted by molar-refractivity contribution is 7.47. The van der Waals surface area contributed by atoms with Crippen molar-refractivity contribution in [2.45, 2.75) is 303 Å². The number of aliphatic hydroxyl groups is 1. The summed E-state index contributed by atoms with van der Waals surface area (Å²) in [5, 5.41) is 9.84. The van der Waals surface area contributed by atoms with E-state index >= 15 is 0 Å². The van der Waals surface area contributed by atoms with E-state index in [0.29, 0.717) is 19.3 Å². The second-order valence-corrected chi connectivity index (χ2v) is 22.6. The summed E-state index contributed by atoms with van der Waals surface area (Å²) < 4.78 is 39.7. The molecule has 11 nitrogen and oxygen atoms in total. The molecule has 0 aromatic heterocycles. The molecule has 12 heteroatoms. The predicted molar refractivity (Wildman–Crippen MR) is 325 cm³/mol. The van der Waals surface area contributed by atoms with Crippen LogP contribution >= 0.6 is 7.82 Å². The van der Waals surface area contributed by atoms with Gasteiger partial charge >= 0.3 is 25.7 Å². The Balaban J connectivity index is 4.72. The fourth-order valence-corrected chi connectivity index (χ4v) is 9.53. The maximum atomic E-state index is 12.9. The van der Waals surface area contributed by atoms with E-state index < -0.39 is 57.8 Å². The van der Waals surface area contributed by atoms with Gasteiger partial charge in [0.1, 0.15) is 12.7 Å². The number of ether oxygens (including phenoxy) is 3. The molecule has 0 rings (SSSR count). The lowest BCUT2D eigenvalue weighted by molar-refractivity contribution is -0.161. The number of esters is 3. The summed E-state index contributed by atoms with van der Waals surface area (Å²) in [7, 11) is -4.76. The molecule has 0 aliphatic heterocycles. The van der Waals surface area contributed by atoms with Gasteiger partial charge in [0.15, 0.2) is 6.10 Å². The molecule has 0 bridgehead atoms. The van der Waals surface area contributed by atoms with Crippen molar-refractivity contribution in [1.82, 2.24) is 0 Å². The molecule has 452 valence electrons. The molecule has 0 aromatic rings. The van der Waals surface area contributed by atoms with E-state index in [-0.39, 0.29) is 25.9 Å². The van der Waals surface area contributed by atoms with Crippen molar-refractivity contribution in [2.75, 3.05) is 26.4 Å². The molecule has 0 radical (unpaired) electrons. The number of hydrogen-bond donors (Lipinski definition) is 2. The molecule has 3 atom stereocenters. The fraction of sp³-hybridized carbons (Fsp3) is 0.773. The highest BCUT2D eigenvalue weighted by Gasteiger charge is 2.28. The summed E-state index contributed by atoms with van der Waals surface area (Å²) in [6.07, 6.45) is 68.5. The third-order valence-electron chi connectivity index (χ3n) is 13.6. The zero-order valence-electron chi connectivity index (χ0n) is 50.1. The number of phosphoric acid groups is 1. The van der Waals surface area contributed by atoms with E-state index in [9.17, 15) is 28.9 Å². The molecule has 0 aromatic carbocycles. The SMILES string of the molecule is CC/C=C\C/C=C\C/C=C\CCCCCCCCCC(=O)OC(COC(=O)CCCCCCCCCCC/C=C\CCCCCCCC)COP(=O)(O)OCC(CO)OC(=O)CCCCCCC/C=C\C/C=C\CCCCC. The number of phosphoric ester groups is 1. The molecule has 0 saturated carbocycles. The van der Waals surface area contributed by atoms with Crippen LogP contribution in [0, 0.1) is 0 Å². The molecule has 0 saturated heterocycles. The van der Waals surface area contributed by atoms with Gasteiger partial charge in [-0.25, -0.2) is 4.57 Å². The number of carbonyl (C=O) groups is 3. The van der Waals surface area contributed by atoms with Crippen LogP contribution in [0.5, 0.6) is 0 Å². The zero-order chi connectivity index (χ0) is 56.9. The molecular formula is C66H117O11P. The van der Waals surface area contributed by atoms with Crippen molar-refractivity contribution >= 4 is 25.7 Å². The molecule has 0 heterocycles. The van der Waals surface area contributed by atoms with Crippen molar-refractivity contribution in [3.8, 4) is 0 Å². The molecule has 78 heavy (non-hydrogen) atoms. The van der Waals surface area contributed by atoms with Crippen LogP contribution < -0.4 is 0 Å². The van der Waals surface area contributed by atoms with E-state index in [1.54, 1.807) is 0 Å². The van der Waals surface area contributed by atoms with Crippen LogP contribution in [0.15, 0.2) is 72.9 Å². The monoisotopic (exact) mass is 1120 g/mol.